The number of aryl methyl sites for hydroxylation is 2. The molecule has 0 saturated carbocycles. The highest BCUT2D eigenvalue weighted by Gasteiger charge is 2.25. The fourth-order valence-corrected chi connectivity index (χ4v) is 4.04. The molecule has 3 aromatic rings. The predicted octanol–water partition coefficient (Wildman–Crippen LogP) is 3.91. The van der Waals surface area contributed by atoms with Crippen molar-refractivity contribution in [3.63, 3.8) is 0 Å². The number of benzene rings is 1. The van der Waals surface area contributed by atoms with Crippen LogP contribution in [0.25, 0.3) is 11.1 Å². The number of halogens is 1. The zero-order valence-electron chi connectivity index (χ0n) is 17.6. The Bertz CT molecular complexity index is 1040. The van der Waals surface area contributed by atoms with E-state index >= 15 is 0 Å². The summed E-state index contributed by atoms with van der Waals surface area (Å²) in [6.45, 7) is 3.44. The van der Waals surface area contributed by atoms with Gasteiger partial charge < -0.3 is 10.6 Å². The Morgan fingerprint density at radius 3 is 2.45 bits per heavy atom. The van der Waals surface area contributed by atoms with Gasteiger partial charge in [-0.25, -0.2) is 14.4 Å². The van der Waals surface area contributed by atoms with E-state index in [1.165, 1.54) is 12.1 Å². The Balaban J connectivity index is 1.36. The van der Waals surface area contributed by atoms with Crippen LogP contribution in [0.2, 0.25) is 0 Å². The molecule has 7 heteroatoms. The van der Waals surface area contributed by atoms with Crippen LogP contribution >= 0.6 is 0 Å². The minimum Gasteiger partial charge on any atom is -0.368 e. The van der Waals surface area contributed by atoms with Crippen molar-refractivity contribution in [1.29, 1.82) is 0 Å². The smallest absolute Gasteiger partial charge is 0.222 e. The molecular formula is C24H26FN5O. The molecule has 0 bridgehead atoms. The van der Waals surface area contributed by atoms with Crippen molar-refractivity contribution in [2.75, 3.05) is 18.8 Å². The molecule has 0 unspecified atom stereocenters. The van der Waals surface area contributed by atoms with Crippen LogP contribution in [0.3, 0.4) is 0 Å². The molecular weight excluding hydrogens is 393 g/mol. The first kappa shape index (κ1) is 20.9. The second-order valence-electron chi connectivity index (χ2n) is 8.03. The summed E-state index contributed by atoms with van der Waals surface area (Å²) in [6.07, 6.45) is 6.30. The summed E-state index contributed by atoms with van der Waals surface area (Å²) in [4.78, 5) is 27.5. The van der Waals surface area contributed by atoms with Gasteiger partial charge in [0.05, 0.1) is 0 Å². The Morgan fingerprint density at radius 1 is 1.10 bits per heavy atom. The van der Waals surface area contributed by atoms with Gasteiger partial charge in [-0.1, -0.05) is 12.1 Å². The highest BCUT2D eigenvalue weighted by atomic mass is 19.1. The van der Waals surface area contributed by atoms with Crippen molar-refractivity contribution in [3.05, 3.63) is 71.6 Å². The number of anilines is 1. The second-order valence-corrected chi connectivity index (χ2v) is 8.03. The molecule has 0 aliphatic carbocycles. The maximum Gasteiger partial charge on any atom is 0.222 e. The number of nitrogens with two attached hydrogens (primary N) is 1. The highest BCUT2D eigenvalue weighted by Crippen LogP contribution is 2.30. The summed E-state index contributed by atoms with van der Waals surface area (Å²) in [5, 5.41) is 0. The van der Waals surface area contributed by atoms with Gasteiger partial charge in [-0.2, -0.15) is 0 Å². The molecule has 1 aromatic carbocycles. The van der Waals surface area contributed by atoms with Gasteiger partial charge >= 0.3 is 0 Å². The van der Waals surface area contributed by atoms with Crippen LogP contribution in [-0.4, -0.2) is 38.8 Å². The number of hydrogen-bond donors (Lipinski definition) is 1. The summed E-state index contributed by atoms with van der Waals surface area (Å²) < 4.78 is 13.0. The first-order valence-electron chi connectivity index (χ1n) is 10.6. The number of carbonyl (C=O) groups excluding carboxylic acids is 1. The predicted molar refractivity (Wildman–Crippen MR) is 118 cm³/mol. The maximum absolute atomic E-state index is 13.0. The molecule has 1 aliphatic heterocycles. The number of hydrogen-bond acceptors (Lipinski definition) is 5. The van der Waals surface area contributed by atoms with Gasteiger partial charge in [0.15, 0.2) is 0 Å². The summed E-state index contributed by atoms with van der Waals surface area (Å²) in [6, 6.07) is 10.5. The lowest BCUT2D eigenvalue weighted by Crippen LogP contribution is -2.38. The summed E-state index contributed by atoms with van der Waals surface area (Å²) >= 11 is 0. The molecule has 0 atom stereocenters. The van der Waals surface area contributed by atoms with Crippen LogP contribution < -0.4 is 5.73 Å². The third-order valence-corrected chi connectivity index (χ3v) is 5.79. The average molecular weight is 420 g/mol. The number of piperidine rings is 1. The molecule has 1 amide bonds. The standard InChI is InChI=1S/C24H26FN5O/c1-16-12-19(20-14-27-24(26)28-15-20)13-22(29-16)18-8-10-30(11-9-18)23(31)7-4-17-2-5-21(25)6-3-17/h2-3,5-6,12-15,18H,4,7-11H2,1H3,(H2,26,27,28). The maximum atomic E-state index is 13.0. The summed E-state index contributed by atoms with van der Waals surface area (Å²) in [7, 11) is 0. The van der Waals surface area contributed by atoms with Crippen molar-refractivity contribution in [2.24, 2.45) is 0 Å². The van der Waals surface area contributed by atoms with Gasteiger partial charge in [0.1, 0.15) is 5.82 Å². The number of likely N-dealkylation sites (tertiary alicyclic amines) is 1. The Hall–Kier alpha value is -3.35. The molecule has 1 aliphatic rings. The van der Waals surface area contributed by atoms with Crippen LogP contribution in [0.15, 0.2) is 48.8 Å². The normalized spacial score (nSPS) is 14.6. The van der Waals surface area contributed by atoms with Crippen molar-refractivity contribution >= 4 is 11.9 Å². The van der Waals surface area contributed by atoms with Crippen LogP contribution in [0.4, 0.5) is 10.3 Å². The molecule has 1 saturated heterocycles. The molecule has 31 heavy (non-hydrogen) atoms. The van der Waals surface area contributed by atoms with Crippen molar-refractivity contribution < 1.29 is 9.18 Å². The molecule has 3 heterocycles. The third-order valence-electron chi connectivity index (χ3n) is 5.79. The van der Waals surface area contributed by atoms with E-state index in [0.29, 0.717) is 18.8 Å². The van der Waals surface area contributed by atoms with Gasteiger partial charge in [-0.3, -0.25) is 9.78 Å². The number of pyridine rings is 1. The van der Waals surface area contributed by atoms with Crippen LogP contribution in [0.1, 0.15) is 42.1 Å². The number of nitrogen functional groups attached to an aromatic ring is 1. The van der Waals surface area contributed by atoms with E-state index in [1.54, 1.807) is 24.5 Å². The monoisotopic (exact) mass is 419 g/mol. The Morgan fingerprint density at radius 2 is 1.77 bits per heavy atom. The van der Waals surface area contributed by atoms with Gasteiger partial charge in [0, 0.05) is 54.8 Å². The van der Waals surface area contributed by atoms with Crippen molar-refractivity contribution in [2.45, 2.75) is 38.5 Å². The van der Waals surface area contributed by atoms with E-state index < -0.39 is 0 Å². The fourth-order valence-electron chi connectivity index (χ4n) is 4.04. The first-order valence-corrected chi connectivity index (χ1v) is 10.6. The molecule has 4 rings (SSSR count). The number of aromatic nitrogens is 3. The number of carbonyl (C=O) groups is 1. The van der Waals surface area contributed by atoms with Crippen LogP contribution in [0.5, 0.6) is 0 Å². The molecule has 1 fully saturated rings. The fraction of sp³-hybridized carbons (Fsp3) is 0.333. The molecule has 160 valence electrons. The van der Waals surface area contributed by atoms with Crippen molar-refractivity contribution in [1.82, 2.24) is 19.9 Å². The topological polar surface area (TPSA) is 85.0 Å². The van der Waals surface area contributed by atoms with Gasteiger partial charge in [0.2, 0.25) is 11.9 Å². The summed E-state index contributed by atoms with van der Waals surface area (Å²) in [5.41, 5.74) is 10.5. The minimum absolute atomic E-state index is 0.152. The zero-order valence-corrected chi connectivity index (χ0v) is 17.6. The third kappa shape index (κ3) is 5.23. The molecule has 6 nitrogen and oxygen atoms in total. The Kier molecular flexibility index (Phi) is 6.21. The Labute approximate surface area is 181 Å². The van der Waals surface area contributed by atoms with E-state index in [4.69, 9.17) is 10.7 Å². The van der Waals surface area contributed by atoms with Crippen molar-refractivity contribution in [3.8, 4) is 11.1 Å². The zero-order chi connectivity index (χ0) is 21.8. The van der Waals surface area contributed by atoms with Gasteiger partial charge in [0.25, 0.3) is 0 Å². The largest absolute Gasteiger partial charge is 0.368 e. The van der Waals surface area contributed by atoms with Gasteiger partial charge in [-0.05, 0) is 61.6 Å². The molecule has 2 N–H and O–H groups in total. The lowest BCUT2D eigenvalue weighted by Gasteiger charge is -2.32. The van der Waals surface area contributed by atoms with E-state index in [9.17, 15) is 9.18 Å². The van der Waals surface area contributed by atoms with E-state index in [-0.39, 0.29) is 17.7 Å². The molecule has 0 radical (unpaired) electrons. The van der Waals surface area contributed by atoms with E-state index in [0.717, 1.165) is 54.0 Å². The van der Waals surface area contributed by atoms with Crippen LogP contribution in [0, 0.1) is 12.7 Å². The number of rotatable bonds is 5. The van der Waals surface area contributed by atoms with E-state index in [1.807, 2.05) is 17.9 Å². The first-order chi connectivity index (χ1) is 15.0. The minimum atomic E-state index is -0.256. The number of nitrogens with zero attached hydrogens (tertiary/aromatic N) is 4. The SMILES string of the molecule is Cc1cc(-c2cnc(N)nc2)cc(C2CCN(C(=O)CCc3ccc(F)cc3)CC2)n1. The second kappa shape index (κ2) is 9.20. The lowest BCUT2D eigenvalue weighted by molar-refractivity contribution is -0.132. The molecule has 0 spiro atoms. The number of amides is 1. The quantitative estimate of drug-likeness (QED) is 0.678. The van der Waals surface area contributed by atoms with Crippen LogP contribution in [-0.2, 0) is 11.2 Å². The van der Waals surface area contributed by atoms with E-state index in [2.05, 4.69) is 16.0 Å². The molecule has 2 aromatic heterocycles. The highest BCUT2D eigenvalue weighted by molar-refractivity contribution is 5.76. The van der Waals surface area contributed by atoms with Gasteiger partial charge in [-0.15, -0.1) is 0 Å². The average Bonchev–Trinajstić information content (AvgIpc) is 2.78. The lowest BCUT2D eigenvalue weighted by atomic mass is 9.91. The summed E-state index contributed by atoms with van der Waals surface area (Å²) in [5.74, 6) is 0.467.